The van der Waals surface area contributed by atoms with Gasteiger partial charge in [-0.05, 0) is 37.5 Å². The quantitative estimate of drug-likeness (QED) is 0.432. The Morgan fingerprint density at radius 2 is 2.44 bits per heavy atom. The lowest BCUT2D eigenvalue weighted by molar-refractivity contribution is 0.515. The molecular formula is C20H27N5S2. The monoisotopic (exact) mass is 401 g/mol. The number of nitriles is 1. The van der Waals surface area contributed by atoms with Crippen LogP contribution in [0.15, 0.2) is 41.0 Å². The third kappa shape index (κ3) is 3.74. The smallest absolute Gasteiger partial charge is 0.140 e. The van der Waals surface area contributed by atoms with Gasteiger partial charge in [-0.25, -0.2) is 4.98 Å². The molecule has 1 spiro atoms. The number of nitrogens with zero attached hydrogens (tertiary/aromatic N) is 2. The lowest BCUT2D eigenvalue weighted by atomic mass is 10.1. The SMILES string of the molecule is C=C/C(SC1CC12C(C)C2C(C)N/C=C(\N)c1nccs1)=C(/C#N)NCC. The highest BCUT2D eigenvalue weighted by Crippen LogP contribution is 2.79. The van der Waals surface area contributed by atoms with Gasteiger partial charge in [-0.2, -0.15) is 5.26 Å². The van der Waals surface area contributed by atoms with Crippen LogP contribution in [0.5, 0.6) is 0 Å². The van der Waals surface area contributed by atoms with Crippen LogP contribution in [0.4, 0.5) is 0 Å². The van der Waals surface area contributed by atoms with Gasteiger partial charge in [-0.3, -0.25) is 0 Å². The van der Waals surface area contributed by atoms with Crippen LogP contribution < -0.4 is 16.4 Å². The summed E-state index contributed by atoms with van der Waals surface area (Å²) in [6.07, 6.45) is 6.66. The minimum atomic E-state index is 0.351. The summed E-state index contributed by atoms with van der Waals surface area (Å²) in [5.74, 6) is 1.29. The zero-order valence-corrected chi connectivity index (χ0v) is 17.7. The minimum Gasteiger partial charge on any atom is -0.395 e. The van der Waals surface area contributed by atoms with Gasteiger partial charge in [0, 0.05) is 40.5 Å². The van der Waals surface area contributed by atoms with E-state index < -0.39 is 0 Å². The topological polar surface area (TPSA) is 86.8 Å². The molecule has 0 aliphatic heterocycles. The second kappa shape index (κ2) is 7.99. The van der Waals surface area contributed by atoms with Gasteiger partial charge < -0.3 is 16.4 Å². The van der Waals surface area contributed by atoms with E-state index in [1.165, 1.54) is 6.42 Å². The van der Waals surface area contributed by atoms with E-state index in [0.29, 0.717) is 39.9 Å². The Bertz CT molecular complexity index is 792. The molecule has 2 aliphatic rings. The van der Waals surface area contributed by atoms with E-state index in [1.807, 2.05) is 18.5 Å². The number of thioether (sulfide) groups is 1. The molecule has 5 unspecified atom stereocenters. The molecule has 2 fully saturated rings. The van der Waals surface area contributed by atoms with Gasteiger partial charge in [0.2, 0.25) is 0 Å². The number of allylic oxidation sites excluding steroid dienone is 2. The Morgan fingerprint density at radius 1 is 1.67 bits per heavy atom. The summed E-state index contributed by atoms with van der Waals surface area (Å²) in [5, 5.41) is 19.3. The summed E-state index contributed by atoms with van der Waals surface area (Å²) < 4.78 is 0. The number of hydrogen-bond donors (Lipinski definition) is 3. The largest absolute Gasteiger partial charge is 0.395 e. The molecule has 27 heavy (non-hydrogen) atoms. The van der Waals surface area contributed by atoms with Gasteiger partial charge in [0.05, 0.1) is 5.70 Å². The van der Waals surface area contributed by atoms with Crippen LogP contribution in [0, 0.1) is 28.6 Å². The summed E-state index contributed by atoms with van der Waals surface area (Å²) in [6, 6.07) is 2.62. The standard InChI is InChI=1S/C20H27N5S2/c1-5-16(15(10-21)23-6-2)27-17-9-20(17)12(3)18(20)13(4)25-11-14(22)19-24-7-8-26-19/h5,7-8,11-13,17-18,23,25H,1,6,9,22H2,2-4H3/b14-11-,16-15+. The molecular weight excluding hydrogens is 374 g/mol. The molecule has 1 heterocycles. The van der Waals surface area contributed by atoms with E-state index in [9.17, 15) is 5.26 Å². The molecule has 3 rings (SSSR count). The summed E-state index contributed by atoms with van der Waals surface area (Å²) in [7, 11) is 0. The lowest BCUT2D eigenvalue weighted by Crippen LogP contribution is -2.25. The van der Waals surface area contributed by atoms with Crippen molar-refractivity contribution < 1.29 is 0 Å². The highest BCUT2D eigenvalue weighted by molar-refractivity contribution is 8.04. The van der Waals surface area contributed by atoms with E-state index in [-0.39, 0.29) is 0 Å². The predicted molar refractivity (Wildman–Crippen MR) is 114 cm³/mol. The summed E-state index contributed by atoms with van der Waals surface area (Å²) in [6.45, 7) is 11.2. The van der Waals surface area contributed by atoms with Gasteiger partial charge in [-0.1, -0.05) is 19.6 Å². The van der Waals surface area contributed by atoms with Crippen molar-refractivity contribution in [3.05, 3.63) is 46.0 Å². The van der Waals surface area contributed by atoms with E-state index in [2.05, 4.69) is 42.1 Å². The predicted octanol–water partition coefficient (Wildman–Crippen LogP) is 3.67. The maximum absolute atomic E-state index is 9.37. The van der Waals surface area contributed by atoms with E-state index in [4.69, 9.17) is 5.73 Å². The van der Waals surface area contributed by atoms with Crippen LogP contribution in [0.3, 0.4) is 0 Å². The number of hydrogen-bond acceptors (Lipinski definition) is 7. The molecule has 144 valence electrons. The van der Waals surface area contributed by atoms with E-state index >= 15 is 0 Å². The fourth-order valence-corrected chi connectivity index (χ4v) is 6.48. The molecule has 5 atom stereocenters. The molecule has 0 amide bonds. The molecule has 0 radical (unpaired) electrons. The first-order valence-electron chi connectivity index (χ1n) is 9.28. The first kappa shape index (κ1) is 19.8. The Hall–Kier alpha value is -1.91. The van der Waals surface area contributed by atoms with E-state index in [0.717, 1.165) is 16.5 Å². The molecule has 0 bridgehead atoms. The van der Waals surface area contributed by atoms with Crippen molar-refractivity contribution in [1.82, 2.24) is 15.6 Å². The molecule has 7 heteroatoms. The van der Waals surface area contributed by atoms with Crippen LogP contribution >= 0.6 is 23.1 Å². The van der Waals surface area contributed by atoms with Gasteiger partial charge in [0.15, 0.2) is 0 Å². The molecule has 4 N–H and O–H groups in total. The van der Waals surface area contributed by atoms with Crippen molar-refractivity contribution >= 4 is 28.8 Å². The Kier molecular flexibility index (Phi) is 5.87. The zero-order chi connectivity index (χ0) is 19.6. The zero-order valence-electron chi connectivity index (χ0n) is 16.0. The molecule has 1 aromatic rings. The number of thiazole rings is 1. The van der Waals surface area contributed by atoms with Crippen LogP contribution in [0.2, 0.25) is 0 Å². The van der Waals surface area contributed by atoms with Crippen LogP contribution in [0.1, 0.15) is 32.2 Å². The Balaban J connectivity index is 1.61. The molecule has 0 saturated heterocycles. The van der Waals surface area contributed by atoms with Gasteiger partial charge in [0.25, 0.3) is 0 Å². The Morgan fingerprint density at radius 3 is 3.04 bits per heavy atom. The number of rotatable bonds is 9. The third-order valence-electron chi connectivity index (χ3n) is 5.76. The summed E-state index contributed by atoms with van der Waals surface area (Å²) in [4.78, 5) is 5.20. The fraction of sp³-hybridized carbons (Fsp3) is 0.500. The second-order valence-corrected chi connectivity index (χ2v) is 9.35. The van der Waals surface area contributed by atoms with Crippen molar-refractivity contribution in [2.24, 2.45) is 23.0 Å². The first-order chi connectivity index (χ1) is 13.0. The molecule has 2 aliphatic carbocycles. The molecule has 0 aromatic carbocycles. The lowest BCUT2D eigenvalue weighted by Gasteiger charge is -2.13. The first-order valence-corrected chi connectivity index (χ1v) is 11.0. The van der Waals surface area contributed by atoms with Crippen LogP contribution in [-0.2, 0) is 0 Å². The second-order valence-electron chi connectivity index (χ2n) is 7.22. The maximum atomic E-state index is 9.37. The van der Waals surface area contributed by atoms with Crippen LogP contribution in [0.25, 0.3) is 5.70 Å². The van der Waals surface area contributed by atoms with Gasteiger partial charge >= 0.3 is 0 Å². The van der Waals surface area contributed by atoms with Crippen molar-refractivity contribution in [2.45, 2.75) is 38.5 Å². The van der Waals surface area contributed by atoms with E-state index in [1.54, 1.807) is 35.4 Å². The minimum absolute atomic E-state index is 0.351. The average molecular weight is 402 g/mol. The van der Waals surface area contributed by atoms with Crippen molar-refractivity contribution in [3.8, 4) is 6.07 Å². The highest BCUT2D eigenvalue weighted by atomic mass is 32.2. The van der Waals surface area contributed by atoms with Gasteiger partial charge in [0.1, 0.15) is 16.8 Å². The Labute approximate surface area is 169 Å². The maximum Gasteiger partial charge on any atom is 0.140 e. The van der Waals surface area contributed by atoms with Crippen molar-refractivity contribution in [3.63, 3.8) is 0 Å². The number of nitrogens with two attached hydrogens (primary N) is 1. The van der Waals surface area contributed by atoms with Gasteiger partial charge in [-0.15, -0.1) is 23.1 Å². The molecule has 5 nitrogen and oxygen atoms in total. The molecule has 1 aromatic heterocycles. The fourth-order valence-electron chi connectivity index (χ4n) is 4.31. The summed E-state index contributed by atoms with van der Waals surface area (Å²) in [5.41, 5.74) is 7.80. The number of aromatic nitrogens is 1. The highest BCUT2D eigenvalue weighted by Gasteiger charge is 2.77. The van der Waals surface area contributed by atoms with Crippen molar-refractivity contribution in [2.75, 3.05) is 6.54 Å². The third-order valence-corrected chi connectivity index (χ3v) is 8.10. The average Bonchev–Trinajstić information content (AvgIpc) is 3.38. The normalized spacial score (nSPS) is 30.9. The number of nitrogens with one attached hydrogen (secondary N) is 2. The van der Waals surface area contributed by atoms with Crippen LogP contribution in [-0.4, -0.2) is 22.8 Å². The van der Waals surface area contributed by atoms with Crippen molar-refractivity contribution in [1.29, 1.82) is 5.26 Å². The molecule has 2 saturated carbocycles. The summed E-state index contributed by atoms with van der Waals surface area (Å²) >= 11 is 3.34.